The molecule has 39 heavy (non-hydrogen) atoms. The summed E-state index contributed by atoms with van der Waals surface area (Å²) in [5.74, 6) is 1.19. The van der Waals surface area contributed by atoms with E-state index < -0.39 is 5.60 Å². The van der Waals surface area contributed by atoms with E-state index in [0.717, 1.165) is 33.4 Å². The topological polar surface area (TPSA) is 77.5 Å². The van der Waals surface area contributed by atoms with E-state index in [-0.39, 0.29) is 30.7 Å². The van der Waals surface area contributed by atoms with Gasteiger partial charge in [0, 0.05) is 17.5 Å². The molecular weight excluding hydrogens is 501 g/mol. The van der Waals surface area contributed by atoms with Crippen molar-refractivity contribution in [2.45, 2.75) is 52.1 Å². The van der Waals surface area contributed by atoms with Gasteiger partial charge in [0.1, 0.15) is 29.6 Å². The molecule has 2 aliphatic rings. The lowest BCUT2D eigenvalue weighted by molar-refractivity contribution is -0.141. The van der Waals surface area contributed by atoms with Gasteiger partial charge in [-0.15, -0.1) is 0 Å². The first-order valence-corrected chi connectivity index (χ1v) is 13.1. The van der Waals surface area contributed by atoms with Crippen molar-refractivity contribution in [2.75, 3.05) is 31.9 Å². The van der Waals surface area contributed by atoms with E-state index >= 15 is 4.39 Å². The molecule has 3 aromatic rings. The second-order valence-corrected chi connectivity index (χ2v) is 10.9. The molecular formula is C31H34FNO6. The number of methoxy groups -OCH3 is 1. The SMILES string of the molecule is COC(=O)CC1COc2cc(ON3CCc4c(-c5c(C)cc(OCC(C)(C)O)cc5C)ccc(F)c43)ccc21. The van der Waals surface area contributed by atoms with Gasteiger partial charge in [-0.05, 0) is 86.2 Å². The van der Waals surface area contributed by atoms with Crippen LogP contribution < -0.4 is 19.4 Å². The monoisotopic (exact) mass is 535 g/mol. The fraction of sp³-hybridized carbons (Fsp3) is 0.387. The molecule has 2 aliphatic heterocycles. The lowest BCUT2D eigenvalue weighted by Gasteiger charge is -2.22. The molecule has 0 amide bonds. The minimum Gasteiger partial charge on any atom is -0.492 e. The Bertz CT molecular complexity index is 1390. The zero-order chi connectivity index (χ0) is 27.9. The average Bonchev–Trinajstić information content (AvgIpc) is 3.48. The van der Waals surface area contributed by atoms with Gasteiger partial charge in [0.2, 0.25) is 0 Å². The number of hydrogen-bond donors (Lipinski definition) is 1. The molecule has 0 aliphatic carbocycles. The summed E-state index contributed by atoms with van der Waals surface area (Å²) in [4.78, 5) is 17.9. The summed E-state index contributed by atoms with van der Waals surface area (Å²) in [5, 5.41) is 11.6. The number of anilines is 1. The van der Waals surface area contributed by atoms with Gasteiger partial charge < -0.3 is 24.2 Å². The molecule has 3 aromatic carbocycles. The number of carbonyl (C=O) groups excluding carboxylic acids is 1. The summed E-state index contributed by atoms with van der Waals surface area (Å²) < 4.78 is 31.6. The number of nitrogens with zero attached hydrogens (tertiary/aromatic N) is 1. The summed E-state index contributed by atoms with van der Waals surface area (Å²) >= 11 is 0. The van der Waals surface area contributed by atoms with Crippen molar-refractivity contribution in [3.63, 3.8) is 0 Å². The molecule has 0 fully saturated rings. The Balaban J connectivity index is 1.40. The lowest BCUT2D eigenvalue weighted by Crippen LogP contribution is -2.27. The Labute approximate surface area is 228 Å². The Hall–Kier alpha value is -3.78. The van der Waals surface area contributed by atoms with E-state index in [2.05, 4.69) is 0 Å². The van der Waals surface area contributed by atoms with Crippen LogP contribution in [0.25, 0.3) is 11.1 Å². The Kier molecular flexibility index (Phi) is 7.16. The van der Waals surface area contributed by atoms with E-state index in [9.17, 15) is 9.90 Å². The Morgan fingerprint density at radius 1 is 1.13 bits per heavy atom. The van der Waals surface area contributed by atoms with Crippen LogP contribution >= 0.6 is 0 Å². The van der Waals surface area contributed by atoms with Crippen LogP contribution in [-0.2, 0) is 16.0 Å². The number of hydroxylamine groups is 1. The van der Waals surface area contributed by atoms with Crippen LogP contribution in [0, 0.1) is 19.7 Å². The van der Waals surface area contributed by atoms with Crippen LogP contribution in [0.15, 0.2) is 42.5 Å². The predicted molar refractivity (Wildman–Crippen MR) is 146 cm³/mol. The summed E-state index contributed by atoms with van der Waals surface area (Å²) in [7, 11) is 1.38. The standard InChI is InChI=1S/C31H34FNO6/c1-18-12-22(38-17-31(3,4)35)13-19(2)29(18)24-8-9-26(32)30-25(24)10-11-33(30)39-21-6-7-23-20(14-28(34)36-5)16-37-27(23)15-21/h6-9,12-13,15,20,35H,10-11,14,16-17H2,1-5H3. The predicted octanol–water partition coefficient (Wildman–Crippen LogP) is 5.65. The number of halogens is 1. The van der Waals surface area contributed by atoms with Crippen LogP contribution in [0.4, 0.5) is 10.1 Å². The smallest absolute Gasteiger partial charge is 0.306 e. The maximum atomic E-state index is 15.2. The van der Waals surface area contributed by atoms with Crippen LogP contribution in [-0.4, -0.2) is 43.5 Å². The third-order valence-corrected chi connectivity index (χ3v) is 7.14. The number of benzene rings is 3. The molecule has 0 aromatic heterocycles. The first-order valence-electron chi connectivity index (χ1n) is 13.1. The first-order chi connectivity index (χ1) is 18.5. The Morgan fingerprint density at radius 3 is 2.56 bits per heavy atom. The first kappa shape index (κ1) is 26.8. The van der Waals surface area contributed by atoms with E-state index in [1.165, 1.54) is 13.2 Å². The van der Waals surface area contributed by atoms with Gasteiger partial charge in [-0.25, -0.2) is 9.45 Å². The maximum absolute atomic E-state index is 15.2. The van der Waals surface area contributed by atoms with Crippen molar-refractivity contribution < 1.29 is 33.3 Å². The van der Waals surface area contributed by atoms with Gasteiger partial charge in [-0.2, -0.15) is 0 Å². The molecule has 7 nitrogen and oxygen atoms in total. The van der Waals surface area contributed by atoms with E-state index in [1.54, 1.807) is 25.0 Å². The number of aryl methyl sites for hydroxylation is 2. The summed E-state index contributed by atoms with van der Waals surface area (Å²) in [6.07, 6.45) is 0.878. The summed E-state index contributed by atoms with van der Waals surface area (Å²) in [5.41, 5.74) is 5.33. The number of hydrogen-bond acceptors (Lipinski definition) is 7. The molecule has 2 heterocycles. The highest BCUT2D eigenvalue weighted by atomic mass is 19.1. The molecule has 0 radical (unpaired) electrons. The summed E-state index contributed by atoms with van der Waals surface area (Å²) in [6, 6.07) is 12.7. The van der Waals surface area contributed by atoms with Crippen molar-refractivity contribution >= 4 is 11.7 Å². The van der Waals surface area contributed by atoms with Crippen molar-refractivity contribution in [3.05, 3.63) is 70.5 Å². The van der Waals surface area contributed by atoms with E-state index in [1.807, 2.05) is 44.2 Å². The fourth-order valence-electron chi connectivity index (χ4n) is 5.37. The number of esters is 1. The average molecular weight is 536 g/mol. The zero-order valence-electron chi connectivity index (χ0n) is 23.0. The zero-order valence-corrected chi connectivity index (χ0v) is 23.0. The third-order valence-electron chi connectivity index (χ3n) is 7.14. The normalized spacial score (nSPS) is 16.0. The highest BCUT2D eigenvalue weighted by Gasteiger charge is 2.31. The Morgan fingerprint density at radius 2 is 1.87 bits per heavy atom. The lowest BCUT2D eigenvalue weighted by atomic mass is 9.91. The molecule has 0 saturated carbocycles. The van der Waals surface area contributed by atoms with Gasteiger partial charge in [0.05, 0.1) is 32.3 Å². The van der Waals surface area contributed by atoms with Crippen LogP contribution in [0.1, 0.15) is 48.4 Å². The van der Waals surface area contributed by atoms with Crippen LogP contribution in [0.2, 0.25) is 0 Å². The second kappa shape index (κ2) is 10.4. The maximum Gasteiger partial charge on any atom is 0.306 e. The highest BCUT2D eigenvalue weighted by Crippen LogP contribution is 2.43. The fourth-order valence-corrected chi connectivity index (χ4v) is 5.37. The molecule has 5 rings (SSSR count). The molecule has 8 heteroatoms. The summed E-state index contributed by atoms with van der Waals surface area (Å²) in [6.45, 7) is 8.51. The van der Waals surface area contributed by atoms with Gasteiger partial charge in [0.15, 0.2) is 5.75 Å². The largest absolute Gasteiger partial charge is 0.492 e. The highest BCUT2D eigenvalue weighted by molar-refractivity contribution is 5.81. The molecule has 0 spiro atoms. The van der Waals surface area contributed by atoms with Gasteiger partial charge >= 0.3 is 5.97 Å². The number of ether oxygens (including phenoxy) is 3. The second-order valence-electron chi connectivity index (χ2n) is 10.9. The van der Waals surface area contributed by atoms with E-state index in [4.69, 9.17) is 19.0 Å². The van der Waals surface area contributed by atoms with Gasteiger partial charge in [-0.1, -0.05) is 12.1 Å². The third kappa shape index (κ3) is 5.52. The number of fused-ring (bicyclic) bond motifs is 2. The number of rotatable bonds is 8. The van der Waals surface area contributed by atoms with E-state index in [0.29, 0.717) is 42.5 Å². The van der Waals surface area contributed by atoms with Crippen molar-refractivity contribution in [1.29, 1.82) is 0 Å². The quantitative estimate of drug-likeness (QED) is 0.373. The van der Waals surface area contributed by atoms with Gasteiger partial charge in [0.25, 0.3) is 0 Å². The van der Waals surface area contributed by atoms with Crippen molar-refractivity contribution in [3.8, 4) is 28.4 Å². The van der Waals surface area contributed by atoms with Crippen LogP contribution in [0.3, 0.4) is 0 Å². The molecule has 0 saturated heterocycles. The molecule has 1 atom stereocenters. The van der Waals surface area contributed by atoms with Crippen LogP contribution in [0.5, 0.6) is 17.2 Å². The van der Waals surface area contributed by atoms with Crippen molar-refractivity contribution in [1.82, 2.24) is 0 Å². The van der Waals surface area contributed by atoms with Crippen molar-refractivity contribution in [2.24, 2.45) is 0 Å². The number of aliphatic hydroxyl groups is 1. The minimum absolute atomic E-state index is 0.0626. The molecule has 1 unspecified atom stereocenters. The minimum atomic E-state index is -0.933. The van der Waals surface area contributed by atoms with Gasteiger partial charge in [-0.3, -0.25) is 4.79 Å². The molecule has 206 valence electrons. The molecule has 0 bridgehead atoms. The number of carbonyl (C=O) groups is 1. The molecule has 1 N–H and O–H groups in total.